The van der Waals surface area contributed by atoms with Gasteiger partial charge in [-0.3, -0.25) is 0 Å². The van der Waals surface area contributed by atoms with Crippen molar-refractivity contribution in [2.75, 3.05) is 6.61 Å². The maximum atomic E-state index is 8.82. The second-order valence-electron chi connectivity index (χ2n) is 3.02. The number of aliphatic hydroxyl groups excluding tert-OH is 1. The van der Waals surface area contributed by atoms with Crippen molar-refractivity contribution in [2.24, 2.45) is 0 Å². The van der Waals surface area contributed by atoms with Crippen LogP contribution in [-0.4, -0.2) is 17.8 Å². The Kier molecular flexibility index (Phi) is 3.75. The highest BCUT2D eigenvalue weighted by Crippen LogP contribution is 2.23. The fourth-order valence-corrected chi connectivity index (χ4v) is 1.29. The maximum absolute atomic E-state index is 8.82. The molecule has 0 aliphatic heterocycles. The largest absolute Gasteiger partial charge is 0.488 e. The van der Waals surface area contributed by atoms with Gasteiger partial charge >= 0.3 is 0 Å². The number of hydrogen-bond acceptors (Lipinski definition) is 2. The van der Waals surface area contributed by atoms with Gasteiger partial charge in [0.1, 0.15) is 11.9 Å². The molecule has 1 N–H and O–H groups in total. The quantitative estimate of drug-likeness (QED) is 0.886. The van der Waals surface area contributed by atoms with Crippen LogP contribution in [0.2, 0.25) is 0 Å². The number of rotatable bonds is 3. The first-order valence-corrected chi connectivity index (χ1v) is 4.96. The predicted molar refractivity (Wildman–Crippen MR) is 56.1 cm³/mol. The molecule has 0 heterocycles. The SMILES string of the molecule is Cc1ccc(Br)cc1OC(C)CO. The lowest BCUT2D eigenvalue weighted by Gasteiger charge is -2.14. The molecule has 1 aromatic rings. The Hall–Kier alpha value is -0.540. The number of benzene rings is 1. The summed E-state index contributed by atoms with van der Waals surface area (Å²) < 4.78 is 6.48. The van der Waals surface area contributed by atoms with Gasteiger partial charge < -0.3 is 9.84 Å². The third-order valence-corrected chi connectivity index (χ3v) is 2.23. The summed E-state index contributed by atoms with van der Waals surface area (Å²) in [5.41, 5.74) is 1.07. The number of aliphatic hydroxyl groups is 1. The highest BCUT2D eigenvalue weighted by Gasteiger charge is 2.04. The van der Waals surface area contributed by atoms with Crippen molar-refractivity contribution in [2.45, 2.75) is 20.0 Å². The third-order valence-electron chi connectivity index (χ3n) is 1.74. The van der Waals surface area contributed by atoms with E-state index in [9.17, 15) is 0 Å². The zero-order valence-corrected chi connectivity index (χ0v) is 9.34. The van der Waals surface area contributed by atoms with Crippen molar-refractivity contribution in [3.63, 3.8) is 0 Å². The van der Waals surface area contributed by atoms with Crippen molar-refractivity contribution < 1.29 is 9.84 Å². The zero-order valence-electron chi connectivity index (χ0n) is 7.75. The number of hydrogen-bond donors (Lipinski definition) is 1. The van der Waals surface area contributed by atoms with Gasteiger partial charge in [-0.25, -0.2) is 0 Å². The predicted octanol–water partition coefficient (Wildman–Crippen LogP) is 2.52. The van der Waals surface area contributed by atoms with Crippen molar-refractivity contribution >= 4 is 15.9 Å². The maximum Gasteiger partial charge on any atom is 0.123 e. The first-order valence-electron chi connectivity index (χ1n) is 4.17. The Morgan fingerprint density at radius 1 is 1.54 bits per heavy atom. The van der Waals surface area contributed by atoms with E-state index >= 15 is 0 Å². The molecule has 0 spiro atoms. The first-order chi connectivity index (χ1) is 6.13. The minimum atomic E-state index is -0.159. The Bertz CT molecular complexity index is 286. The van der Waals surface area contributed by atoms with E-state index in [1.54, 1.807) is 0 Å². The molecule has 1 unspecified atom stereocenters. The van der Waals surface area contributed by atoms with Gasteiger partial charge in [0.2, 0.25) is 0 Å². The minimum absolute atomic E-state index is 0.0337. The van der Waals surface area contributed by atoms with Crippen molar-refractivity contribution in [3.05, 3.63) is 28.2 Å². The Labute approximate surface area is 86.7 Å². The van der Waals surface area contributed by atoms with Crippen LogP contribution in [0.25, 0.3) is 0 Å². The molecule has 0 aliphatic rings. The average molecular weight is 245 g/mol. The molecule has 72 valence electrons. The van der Waals surface area contributed by atoms with Crippen molar-refractivity contribution in [3.8, 4) is 5.75 Å². The van der Waals surface area contributed by atoms with Crippen LogP contribution in [0.1, 0.15) is 12.5 Å². The summed E-state index contributed by atoms with van der Waals surface area (Å²) in [4.78, 5) is 0. The molecule has 3 heteroatoms. The summed E-state index contributed by atoms with van der Waals surface area (Å²) in [7, 11) is 0. The van der Waals surface area contributed by atoms with E-state index in [0.717, 1.165) is 15.8 Å². The molecule has 13 heavy (non-hydrogen) atoms. The van der Waals surface area contributed by atoms with Gasteiger partial charge in [-0.15, -0.1) is 0 Å². The standard InChI is InChI=1S/C10H13BrO2/c1-7-3-4-9(11)5-10(7)13-8(2)6-12/h3-5,8,12H,6H2,1-2H3. The fraction of sp³-hybridized carbons (Fsp3) is 0.400. The lowest BCUT2D eigenvalue weighted by Crippen LogP contribution is -2.16. The monoisotopic (exact) mass is 244 g/mol. The summed E-state index contributed by atoms with van der Waals surface area (Å²) in [5, 5.41) is 8.82. The second-order valence-corrected chi connectivity index (χ2v) is 3.94. The molecule has 0 amide bonds. The topological polar surface area (TPSA) is 29.5 Å². The molecule has 0 fully saturated rings. The molecule has 1 aromatic carbocycles. The van der Waals surface area contributed by atoms with Crippen molar-refractivity contribution in [1.29, 1.82) is 0 Å². The van der Waals surface area contributed by atoms with E-state index < -0.39 is 0 Å². The molecule has 1 rings (SSSR count). The summed E-state index contributed by atoms with van der Waals surface area (Å²) in [6.07, 6.45) is -0.159. The van der Waals surface area contributed by atoms with Crippen LogP contribution in [0.3, 0.4) is 0 Å². The molecule has 0 bridgehead atoms. The van der Waals surface area contributed by atoms with Gasteiger partial charge in [-0.05, 0) is 31.5 Å². The van der Waals surface area contributed by atoms with Gasteiger partial charge in [-0.1, -0.05) is 22.0 Å². The van der Waals surface area contributed by atoms with Gasteiger partial charge in [0.05, 0.1) is 6.61 Å². The highest BCUT2D eigenvalue weighted by atomic mass is 79.9. The Morgan fingerprint density at radius 2 is 2.23 bits per heavy atom. The zero-order chi connectivity index (χ0) is 9.84. The summed E-state index contributed by atoms with van der Waals surface area (Å²) in [6, 6.07) is 5.84. The van der Waals surface area contributed by atoms with Crippen LogP contribution in [-0.2, 0) is 0 Å². The minimum Gasteiger partial charge on any atom is -0.488 e. The molecular weight excluding hydrogens is 232 g/mol. The third kappa shape index (κ3) is 3.01. The molecule has 0 saturated heterocycles. The molecular formula is C10H13BrO2. The van der Waals surface area contributed by atoms with Crippen LogP contribution in [0.15, 0.2) is 22.7 Å². The number of aryl methyl sites for hydroxylation is 1. The first kappa shape index (κ1) is 10.5. The van der Waals surface area contributed by atoms with Crippen LogP contribution in [0, 0.1) is 6.92 Å². The summed E-state index contributed by atoms with van der Waals surface area (Å²) in [5.74, 6) is 0.816. The Balaban J connectivity index is 2.81. The van der Waals surface area contributed by atoms with Crippen LogP contribution < -0.4 is 4.74 Å². The van der Waals surface area contributed by atoms with Crippen LogP contribution in [0.4, 0.5) is 0 Å². The van der Waals surface area contributed by atoms with Crippen molar-refractivity contribution in [1.82, 2.24) is 0 Å². The van der Waals surface area contributed by atoms with E-state index in [4.69, 9.17) is 9.84 Å². The smallest absolute Gasteiger partial charge is 0.123 e. The van der Waals surface area contributed by atoms with Gasteiger partial charge in [0.25, 0.3) is 0 Å². The molecule has 0 aromatic heterocycles. The molecule has 0 saturated carbocycles. The highest BCUT2D eigenvalue weighted by molar-refractivity contribution is 9.10. The van der Waals surface area contributed by atoms with E-state index in [1.807, 2.05) is 32.0 Å². The van der Waals surface area contributed by atoms with Gasteiger partial charge in [-0.2, -0.15) is 0 Å². The second kappa shape index (κ2) is 4.63. The Morgan fingerprint density at radius 3 is 2.85 bits per heavy atom. The number of halogens is 1. The van der Waals surface area contributed by atoms with E-state index in [1.165, 1.54) is 0 Å². The molecule has 2 nitrogen and oxygen atoms in total. The summed E-state index contributed by atoms with van der Waals surface area (Å²) >= 11 is 3.37. The normalized spacial score (nSPS) is 12.6. The lowest BCUT2D eigenvalue weighted by atomic mass is 10.2. The molecule has 0 radical (unpaired) electrons. The van der Waals surface area contributed by atoms with E-state index in [-0.39, 0.29) is 12.7 Å². The van der Waals surface area contributed by atoms with E-state index in [0.29, 0.717) is 0 Å². The lowest BCUT2D eigenvalue weighted by molar-refractivity contribution is 0.129. The average Bonchev–Trinajstić information content (AvgIpc) is 2.11. The van der Waals surface area contributed by atoms with Crippen LogP contribution in [0.5, 0.6) is 5.75 Å². The summed E-state index contributed by atoms with van der Waals surface area (Å²) in [6.45, 7) is 3.85. The number of ether oxygens (including phenoxy) is 1. The fourth-order valence-electron chi connectivity index (χ4n) is 0.955. The molecule has 0 aliphatic carbocycles. The van der Waals surface area contributed by atoms with Crippen LogP contribution >= 0.6 is 15.9 Å². The van der Waals surface area contributed by atoms with Gasteiger partial charge in [0.15, 0.2) is 0 Å². The van der Waals surface area contributed by atoms with E-state index in [2.05, 4.69) is 15.9 Å². The van der Waals surface area contributed by atoms with Gasteiger partial charge in [0, 0.05) is 4.47 Å². The molecule has 1 atom stereocenters.